The maximum atomic E-state index is 11.4. The standard InChI is InChI=1S/C20H35N3O3S.HI/c1-7-21-19(22-16-20(3,4)13-14-27(6,24)25)23(5)15-17-9-11-18(12-10-17)26-8-2;/h9-12H,7-8,13-16H2,1-6H3,(H,21,22);1H. The second-order valence-corrected chi connectivity index (χ2v) is 9.91. The highest BCUT2D eigenvalue weighted by Crippen LogP contribution is 2.21. The van der Waals surface area contributed by atoms with Gasteiger partial charge in [-0.1, -0.05) is 26.0 Å². The van der Waals surface area contributed by atoms with Crippen LogP contribution < -0.4 is 10.1 Å². The molecular formula is C20H36IN3O3S. The Hall–Kier alpha value is -1.03. The second kappa shape index (κ2) is 12.5. The predicted molar refractivity (Wildman–Crippen MR) is 129 cm³/mol. The fourth-order valence-electron chi connectivity index (χ4n) is 2.51. The third kappa shape index (κ3) is 11.1. The summed E-state index contributed by atoms with van der Waals surface area (Å²) >= 11 is 0. The molecule has 0 amide bonds. The predicted octanol–water partition coefficient (Wildman–Crippen LogP) is 3.56. The number of nitrogens with zero attached hydrogens (tertiary/aromatic N) is 2. The minimum absolute atomic E-state index is 0. The van der Waals surface area contributed by atoms with Gasteiger partial charge in [0.2, 0.25) is 0 Å². The monoisotopic (exact) mass is 525 g/mol. The van der Waals surface area contributed by atoms with Crippen LogP contribution >= 0.6 is 24.0 Å². The van der Waals surface area contributed by atoms with Gasteiger partial charge in [-0.2, -0.15) is 0 Å². The van der Waals surface area contributed by atoms with Gasteiger partial charge in [-0.3, -0.25) is 4.99 Å². The van der Waals surface area contributed by atoms with Gasteiger partial charge >= 0.3 is 0 Å². The Bertz CT molecular complexity index is 704. The van der Waals surface area contributed by atoms with E-state index in [0.717, 1.165) is 24.8 Å². The van der Waals surface area contributed by atoms with E-state index in [2.05, 4.69) is 36.2 Å². The molecular weight excluding hydrogens is 489 g/mol. The van der Waals surface area contributed by atoms with Gasteiger partial charge < -0.3 is 15.0 Å². The third-order valence-corrected chi connectivity index (χ3v) is 5.10. The summed E-state index contributed by atoms with van der Waals surface area (Å²) in [6.45, 7) is 10.8. The summed E-state index contributed by atoms with van der Waals surface area (Å²) in [5.41, 5.74) is 0.992. The summed E-state index contributed by atoms with van der Waals surface area (Å²) in [4.78, 5) is 6.82. The number of ether oxygens (including phenoxy) is 1. The Morgan fingerprint density at radius 1 is 1.21 bits per heavy atom. The summed E-state index contributed by atoms with van der Waals surface area (Å²) in [6.07, 6.45) is 1.87. The lowest BCUT2D eigenvalue weighted by molar-refractivity contribution is 0.340. The first-order valence-corrected chi connectivity index (χ1v) is 11.5. The summed E-state index contributed by atoms with van der Waals surface area (Å²) in [5.74, 6) is 1.88. The molecule has 0 aromatic heterocycles. The van der Waals surface area contributed by atoms with Gasteiger partial charge in [0.05, 0.1) is 12.4 Å². The van der Waals surface area contributed by atoms with Crippen LogP contribution in [0.4, 0.5) is 0 Å². The molecule has 1 N–H and O–H groups in total. The summed E-state index contributed by atoms with van der Waals surface area (Å²) < 4.78 is 28.3. The molecule has 1 rings (SSSR count). The van der Waals surface area contributed by atoms with Gasteiger partial charge in [0.1, 0.15) is 15.6 Å². The average molecular weight is 525 g/mol. The van der Waals surface area contributed by atoms with Crippen LogP contribution in [-0.4, -0.2) is 58.0 Å². The molecule has 8 heteroatoms. The number of sulfone groups is 1. The molecule has 1 aromatic carbocycles. The number of benzene rings is 1. The van der Waals surface area contributed by atoms with Gasteiger partial charge in [-0.25, -0.2) is 8.42 Å². The van der Waals surface area contributed by atoms with Crippen LogP contribution in [0.3, 0.4) is 0 Å². The summed E-state index contributed by atoms with van der Waals surface area (Å²) in [7, 11) is -0.954. The lowest BCUT2D eigenvalue weighted by atomic mass is 9.90. The molecule has 0 saturated heterocycles. The van der Waals surface area contributed by atoms with Crippen molar-refractivity contribution in [2.45, 2.75) is 40.7 Å². The van der Waals surface area contributed by atoms with E-state index in [1.165, 1.54) is 11.8 Å². The van der Waals surface area contributed by atoms with E-state index in [1.54, 1.807) is 0 Å². The van der Waals surface area contributed by atoms with Crippen molar-refractivity contribution in [3.8, 4) is 5.75 Å². The largest absolute Gasteiger partial charge is 0.494 e. The van der Waals surface area contributed by atoms with Crippen LogP contribution in [0.25, 0.3) is 0 Å². The fraction of sp³-hybridized carbons (Fsp3) is 0.650. The zero-order valence-corrected chi connectivity index (χ0v) is 21.1. The molecule has 0 bridgehead atoms. The fourth-order valence-corrected chi connectivity index (χ4v) is 3.43. The van der Waals surface area contributed by atoms with Crippen molar-refractivity contribution in [2.75, 3.05) is 38.8 Å². The van der Waals surface area contributed by atoms with Crippen molar-refractivity contribution in [1.29, 1.82) is 0 Å². The van der Waals surface area contributed by atoms with E-state index in [0.29, 0.717) is 19.6 Å². The first-order valence-electron chi connectivity index (χ1n) is 9.45. The van der Waals surface area contributed by atoms with Crippen LogP contribution in [0.2, 0.25) is 0 Å². The molecule has 1 aromatic rings. The lowest BCUT2D eigenvalue weighted by Gasteiger charge is -2.26. The molecule has 0 radical (unpaired) electrons. The topological polar surface area (TPSA) is 71.0 Å². The first kappa shape index (κ1) is 27.0. The Morgan fingerprint density at radius 3 is 2.32 bits per heavy atom. The van der Waals surface area contributed by atoms with E-state index in [4.69, 9.17) is 9.73 Å². The lowest BCUT2D eigenvalue weighted by Crippen LogP contribution is -2.39. The maximum Gasteiger partial charge on any atom is 0.193 e. The van der Waals surface area contributed by atoms with Crippen LogP contribution in [0.5, 0.6) is 5.75 Å². The van der Waals surface area contributed by atoms with Crippen LogP contribution in [-0.2, 0) is 16.4 Å². The molecule has 0 aliphatic carbocycles. The molecule has 0 fully saturated rings. The molecule has 6 nitrogen and oxygen atoms in total. The van der Waals surface area contributed by atoms with Gasteiger partial charge in [-0.15, -0.1) is 24.0 Å². The third-order valence-electron chi connectivity index (χ3n) is 4.16. The van der Waals surface area contributed by atoms with Crippen LogP contribution in [0.15, 0.2) is 29.3 Å². The molecule has 0 heterocycles. The Labute approximate surface area is 188 Å². The quantitative estimate of drug-likeness (QED) is 0.288. The van der Waals surface area contributed by atoms with Crippen molar-refractivity contribution < 1.29 is 13.2 Å². The molecule has 162 valence electrons. The zero-order chi connectivity index (χ0) is 20.5. The Morgan fingerprint density at radius 2 is 1.82 bits per heavy atom. The number of hydrogen-bond donors (Lipinski definition) is 1. The Balaban J connectivity index is 0.00000729. The minimum Gasteiger partial charge on any atom is -0.494 e. The molecule has 0 spiro atoms. The maximum absolute atomic E-state index is 11.4. The van der Waals surface area contributed by atoms with E-state index >= 15 is 0 Å². The van der Waals surface area contributed by atoms with Crippen molar-refractivity contribution in [3.05, 3.63) is 29.8 Å². The average Bonchev–Trinajstić information content (AvgIpc) is 2.58. The Kier molecular flexibility index (Phi) is 12.1. The van der Waals surface area contributed by atoms with Gasteiger partial charge in [0.15, 0.2) is 5.96 Å². The van der Waals surface area contributed by atoms with E-state index in [1.807, 2.05) is 33.0 Å². The smallest absolute Gasteiger partial charge is 0.193 e. The highest BCUT2D eigenvalue weighted by Gasteiger charge is 2.20. The molecule has 0 aliphatic rings. The highest BCUT2D eigenvalue weighted by molar-refractivity contribution is 14.0. The van der Waals surface area contributed by atoms with Gasteiger partial charge in [0, 0.05) is 32.9 Å². The first-order chi connectivity index (χ1) is 12.6. The zero-order valence-electron chi connectivity index (χ0n) is 18.0. The summed E-state index contributed by atoms with van der Waals surface area (Å²) in [5, 5.41) is 3.31. The minimum atomic E-state index is -2.96. The number of hydrogen-bond acceptors (Lipinski definition) is 4. The van der Waals surface area contributed by atoms with Crippen LogP contribution in [0.1, 0.15) is 39.7 Å². The van der Waals surface area contributed by atoms with Crippen molar-refractivity contribution >= 4 is 39.8 Å². The van der Waals surface area contributed by atoms with Crippen molar-refractivity contribution in [1.82, 2.24) is 10.2 Å². The van der Waals surface area contributed by atoms with Gasteiger partial charge in [0.25, 0.3) is 0 Å². The number of rotatable bonds is 10. The van der Waals surface area contributed by atoms with Crippen LogP contribution in [0, 0.1) is 5.41 Å². The molecule has 0 atom stereocenters. The number of nitrogens with one attached hydrogen (secondary N) is 1. The SMILES string of the molecule is CCNC(=NCC(C)(C)CCS(C)(=O)=O)N(C)Cc1ccc(OCC)cc1.I. The van der Waals surface area contributed by atoms with E-state index < -0.39 is 9.84 Å². The second-order valence-electron chi connectivity index (χ2n) is 7.65. The number of guanidine groups is 1. The van der Waals surface area contributed by atoms with Gasteiger partial charge in [-0.05, 0) is 43.4 Å². The molecule has 0 saturated carbocycles. The number of aliphatic imine (C=N–C) groups is 1. The molecule has 28 heavy (non-hydrogen) atoms. The van der Waals surface area contributed by atoms with Crippen molar-refractivity contribution in [3.63, 3.8) is 0 Å². The van der Waals surface area contributed by atoms with E-state index in [-0.39, 0.29) is 35.1 Å². The normalized spacial score (nSPS) is 12.3. The van der Waals surface area contributed by atoms with Crippen molar-refractivity contribution in [2.24, 2.45) is 10.4 Å². The summed E-state index contributed by atoms with van der Waals surface area (Å²) in [6, 6.07) is 8.07. The van der Waals surface area contributed by atoms with E-state index in [9.17, 15) is 8.42 Å². The molecule has 0 unspecified atom stereocenters. The number of halogens is 1. The highest BCUT2D eigenvalue weighted by atomic mass is 127. The molecule has 0 aliphatic heterocycles.